The third kappa shape index (κ3) is 10.4. The van der Waals surface area contributed by atoms with Gasteiger partial charge in [-0.25, -0.2) is 14.8 Å². The molecule has 0 saturated heterocycles. The predicted octanol–water partition coefficient (Wildman–Crippen LogP) is -1.80. The van der Waals surface area contributed by atoms with Gasteiger partial charge < -0.3 is 42.9 Å². The summed E-state index contributed by atoms with van der Waals surface area (Å²) >= 11 is 3.84. The van der Waals surface area contributed by atoms with Crippen molar-refractivity contribution in [2.24, 2.45) is 5.73 Å². The van der Waals surface area contributed by atoms with Crippen molar-refractivity contribution < 1.29 is 34.2 Å². The number of amides is 3. The summed E-state index contributed by atoms with van der Waals surface area (Å²) in [5, 5.41) is 28.6. The Balaban J connectivity index is 1.50. The number of nitrogens with two attached hydrogens (primary N) is 2. The molecule has 45 heavy (non-hydrogen) atoms. The summed E-state index contributed by atoms with van der Waals surface area (Å²) in [4.78, 5) is 86.2. The van der Waals surface area contributed by atoms with E-state index in [0.717, 1.165) is 0 Å². The quantitative estimate of drug-likeness (QED) is 0.0770. The number of carboxylic acid groups (broad SMARTS) is 2. The Morgan fingerprint density at radius 2 is 1.76 bits per heavy atom. The van der Waals surface area contributed by atoms with E-state index in [9.17, 15) is 33.9 Å². The molecule has 3 rings (SSSR count). The number of carbonyl (C=O) groups is 5. The van der Waals surface area contributed by atoms with Crippen LogP contribution in [0.4, 0.5) is 11.6 Å². The zero-order valence-electron chi connectivity index (χ0n) is 23.6. The first-order valence-electron chi connectivity index (χ1n) is 13.4. The minimum Gasteiger partial charge on any atom is -0.481 e. The minimum absolute atomic E-state index is 0.0244. The fourth-order valence-electron chi connectivity index (χ4n) is 3.87. The molecule has 0 aliphatic heterocycles. The Kier molecular flexibility index (Phi) is 12.1. The van der Waals surface area contributed by atoms with E-state index in [2.05, 4.69) is 53.8 Å². The van der Waals surface area contributed by atoms with Crippen LogP contribution < -0.4 is 38.3 Å². The van der Waals surface area contributed by atoms with Gasteiger partial charge in [0.1, 0.15) is 12.1 Å². The first-order valence-corrected chi connectivity index (χ1v) is 14.0. The van der Waals surface area contributed by atoms with Crippen LogP contribution in [0.2, 0.25) is 0 Å². The molecule has 2 aromatic heterocycles. The second kappa shape index (κ2) is 16.0. The van der Waals surface area contributed by atoms with Gasteiger partial charge in [0.05, 0.1) is 24.9 Å². The van der Waals surface area contributed by atoms with E-state index in [4.69, 9.17) is 16.6 Å². The van der Waals surface area contributed by atoms with Gasteiger partial charge in [-0.3, -0.25) is 29.0 Å². The molecule has 0 saturated carbocycles. The van der Waals surface area contributed by atoms with Crippen LogP contribution in [-0.2, 0) is 25.7 Å². The number of fused-ring (bicyclic) bond motifs is 1. The number of nitrogen functional groups attached to an aromatic ring is 1. The summed E-state index contributed by atoms with van der Waals surface area (Å²) in [6.45, 7) is -0.0902. The lowest BCUT2D eigenvalue weighted by atomic mass is 10.1. The first-order chi connectivity index (χ1) is 21.4. The van der Waals surface area contributed by atoms with Crippen LogP contribution in [0.5, 0.6) is 0 Å². The van der Waals surface area contributed by atoms with Gasteiger partial charge in [-0.2, -0.15) is 17.6 Å². The number of rotatable bonds is 16. The number of hydrogen-bond acceptors (Lipinski definition) is 13. The van der Waals surface area contributed by atoms with E-state index in [0.29, 0.717) is 11.4 Å². The molecule has 0 aliphatic rings. The molecule has 3 aromatic rings. The molecule has 240 valence electrons. The number of benzene rings is 1. The highest BCUT2D eigenvalue weighted by molar-refractivity contribution is 7.80. The molecule has 18 nitrogen and oxygen atoms in total. The minimum atomic E-state index is -1.29. The van der Waals surface area contributed by atoms with Gasteiger partial charge in [-0.15, -0.1) is 0 Å². The average Bonchev–Trinajstić information content (AvgIpc) is 2.99. The van der Waals surface area contributed by atoms with E-state index < -0.39 is 59.8 Å². The summed E-state index contributed by atoms with van der Waals surface area (Å²) in [6, 6.07) is 2.90. The molecule has 3 amide bonds. The molecule has 11 N–H and O–H groups in total. The Morgan fingerprint density at radius 3 is 2.40 bits per heavy atom. The number of nitrogens with zero attached hydrogens (tertiary/aromatic N) is 3. The summed E-state index contributed by atoms with van der Waals surface area (Å²) < 4.78 is 0. The number of aliphatic carboxylic acids is 2. The highest BCUT2D eigenvalue weighted by Gasteiger charge is 2.23. The third-order valence-electron chi connectivity index (χ3n) is 6.24. The van der Waals surface area contributed by atoms with Crippen molar-refractivity contribution in [2.45, 2.75) is 43.9 Å². The number of aromatic amines is 1. The second-order valence-electron chi connectivity index (χ2n) is 9.72. The van der Waals surface area contributed by atoms with Gasteiger partial charge in [-0.1, -0.05) is 0 Å². The van der Waals surface area contributed by atoms with Crippen LogP contribution >= 0.6 is 12.6 Å². The normalized spacial score (nSPS) is 12.8. The topological polar surface area (TPSA) is 298 Å². The van der Waals surface area contributed by atoms with E-state index >= 15 is 0 Å². The van der Waals surface area contributed by atoms with Crippen molar-refractivity contribution in [3.63, 3.8) is 0 Å². The molecule has 0 aliphatic carbocycles. The van der Waals surface area contributed by atoms with Crippen molar-refractivity contribution in [1.29, 1.82) is 0 Å². The monoisotopic (exact) mass is 644 g/mol. The fourth-order valence-corrected chi connectivity index (χ4v) is 4.11. The molecule has 0 bridgehead atoms. The van der Waals surface area contributed by atoms with Gasteiger partial charge in [0.15, 0.2) is 11.2 Å². The number of anilines is 2. The first kappa shape index (κ1) is 34.2. The number of thiol groups is 1. The summed E-state index contributed by atoms with van der Waals surface area (Å²) in [5.41, 5.74) is 12.1. The van der Waals surface area contributed by atoms with Crippen LogP contribution in [0.15, 0.2) is 35.3 Å². The van der Waals surface area contributed by atoms with Crippen LogP contribution in [0.25, 0.3) is 11.2 Å². The lowest BCUT2D eigenvalue weighted by Gasteiger charge is -2.18. The van der Waals surface area contributed by atoms with E-state index in [1.165, 1.54) is 18.3 Å². The molecular weight excluding hydrogens is 612 g/mol. The maximum atomic E-state index is 12.8. The molecule has 0 radical (unpaired) electrons. The summed E-state index contributed by atoms with van der Waals surface area (Å²) in [7, 11) is 0. The number of aromatic nitrogens is 4. The van der Waals surface area contributed by atoms with Crippen LogP contribution in [0.3, 0.4) is 0 Å². The zero-order chi connectivity index (χ0) is 33.1. The van der Waals surface area contributed by atoms with E-state index in [1.54, 1.807) is 12.1 Å². The number of hydrogen-bond donors (Lipinski definition) is 10. The number of carboxylic acids is 2. The van der Waals surface area contributed by atoms with Crippen molar-refractivity contribution in [1.82, 2.24) is 35.9 Å². The highest BCUT2D eigenvalue weighted by Crippen LogP contribution is 2.13. The number of H-pyrrole nitrogens is 1. The van der Waals surface area contributed by atoms with E-state index in [-0.39, 0.29) is 54.4 Å². The largest absolute Gasteiger partial charge is 0.481 e. The van der Waals surface area contributed by atoms with E-state index in [1.807, 2.05) is 0 Å². The summed E-state index contributed by atoms with van der Waals surface area (Å²) in [6.07, 6.45) is 0.789. The van der Waals surface area contributed by atoms with Crippen molar-refractivity contribution in [2.75, 3.05) is 23.3 Å². The van der Waals surface area contributed by atoms with Crippen LogP contribution in [0, 0.1) is 0 Å². The SMILES string of the molecule is Nc1nc2ncc(CNc3ccc(C(=O)NC(CCC(=O)NCC(N)C(=O)NC(CS)C(=O)O)CC(=O)O)cc3)nc2c(=O)[nH]1. The average molecular weight is 645 g/mol. The Hall–Kier alpha value is -5.30. The molecule has 0 spiro atoms. The molecule has 2 heterocycles. The zero-order valence-corrected chi connectivity index (χ0v) is 24.5. The smallest absolute Gasteiger partial charge is 0.327 e. The van der Waals surface area contributed by atoms with Crippen molar-refractivity contribution >= 4 is 65.1 Å². The van der Waals surface area contributed by atoms with Crippen molar-refractivity contribution in [3.8, 4) is 0 Å². The number of carbonyl (C=O) groups excluding carboxylic acids is 3. The number of nitrogens with one attached hydrogen (secondary N) is 5. The molecule has 1 aromatic carbocycles. The summed E-state index contributed by atoms with van der Waals surface area (Å²) in [5.74, 6) is -4.60. The Bertz CT molecular complexity index is 1620. The molecule has 19 heteroatoms. The molecule has 3 unspecified atom stereocenters. The van der Waals surface area contributed by atoms with Crippen LogP contribution in [0.1, 0.15) is 35.3 Å². The van der Waals surface area contributed by atoms with Crippen LogP contribution in [-0.4, -0.2) is 90.2 Å². The fraction of sp³-hybridized carbons (Fsp3) is 0.346. The lowest BCUT2D eigenvalue weighted by Crippen LogP contribution is -2.53. The molecule has 0 fully saturated rings. The molecular formula is C26H32N10O8S. The van der Waals surface area contributed by atoms with Gasteiger partial charge in [0.2, 0.25) is 17.8 Å². The van der Waals surface area contributed by atoms with Gasteiger partial charge in [-0.05, 0) is 30.7 Å². The standard InChI is InChI=1S/C26H32N10O8S/c27-16(23(41)34-17(11-45)25(43)44)10-30-18(37)6-5-14(7-19(38)39)33-22(40)12-1-3-13(4-2-12)29-8-15-9-31-21-20(32-15)24(42)36-26(28)35-21/h1-4,9,14,16-17,29,45H,5-8,10-11,27H2,(H,30,37)(H,33,40)(H,34,41)(H,38,39)(H,43,44)(H3,28,31,35,36,42). The second-order valence-corrected chi connectivity index (χ2v) is 10.1. The molecule has 3 atom stereocenters. The maximum absolute atomic E-state index is 12.8. The third-order valence-corrected chi connectivity index (χ3v) is 6.60. The highest BCUT2D eigenvalue weighted by atomic mass is 32.1. The van der Waals surface area contributed by atoms with Crippen molar-refractivity contribution in [3.05, 3.63) is 52.1 Å². The Labute approximate surface area is 260 Å². The predicted molar refractivity (Wildman–Crippen MR) is 163 cm³/mol. The van der Waals surface area contributed by atoms with Gasteiger partial charge >= 0.3 is 11.9 Å². The Morgan fingerprint density at radius 1 is 1.04 bits per heavy atom. The maximum Gasteiger partial charge on any atom is 0.327 e. The van der Waals surface area contributed by atoms with Gasteiger partial charge in [0.25, 0.3) is 11.5 Å². The van der Waals surface area contributed by atoms with Gasteiger partial charge in [0, 0.05) is 36.0 Å². The lowest BCUT2D eigenvalue weighted by molar-refractivity contribution is -0.141.